The van der Waals surface area contributed by atoms with Crippen molar-refractivity contribution < 1.29 is 9.13 Å². The van der Waals surface area contributed by atoms with Gasteiger partial charge in [-0.3, -0.25) is 0 Å². The Kier molecular flexibility index (Phi) is 4.64. The number of ether oxygens (including phenoxy) is 1. The van der Waals surface area contributed by atoms with Crippen LogP contribution in [0.15, 0.2) is 36.4 Å². The predicted molar refractivity (Wildman–Crippen MR) is 75.7 cm³/mol. The zero-order valence-corrected chi connectivity index (χ0v) is 11.7. The van der Waals surface area contributed by atoms with E-state index in [1.807, 2.05) is 19.2 Å². The SMILES string of the molecule is CNCc1cccc(Cl)c1Oc1ccc(Cl)c(F)c1. The van der Waals surface area contributed by atoms with Crippen molar-refractivity contribution in [3.8, 4) is 11.5 Å². The fourth-order valence-electron chi connectivity index (χ4n) is 1.66. The molecule has 0 heterocycles. The smallest absolute Gasteiger partial charge is 0.150 e. The molecule has 5 heteroatoms. The van der Waals surface area contributed by atoms with Gasteiger partial charge in [0.25, 0.3) is 0 Å². The van der Waals surface area contributed by atoms with Gasteiger partial charge < -0.3 is 10.1 Å². The normalized spacial score (nSPS) is 10.5. The van der Waals surface area contributed by atoms with Crippen molar-refractivity contribution in [1.29, 1.82) is 0 Å². The van der Waals surface area contributed by atoms with Crippen LogP contribution < -0.4 is 10.1 Å². The molecule has 100 valence electrons. The van der Waals surface area contributed by atoms with Crippen LogP contribution in [0.2, 0.25) is 10.0 Å². The Morgan fingerprint density at radius 3 is 2.63 bits per heavy atom. The first kappa shape index (κ1) is 14.1. The zero-order valence-electron chi connectivity index (χ0n) is 10.2. The van der Waals surface area contributed by atoms with Crippen molar-refractivity contribution in [2.45, 2.75) is 6.54 Å². The van der Waals surface area contributed by atoms with Gasteiger partial charge in [-0.15, -0.1) is 0 Å². The molecule has 1 N–H and O–H groups in total. The fourth-order valence-corrected chi connectivity index (χ4v) is 2.01. The van der Waals surface area contributed by atoms with Crippen molar-refractivity contribution in [2.24, 2.45) is 0 Å². The Morgan fingerprint density at radius 1 is 1.16 bits per heavy atom. The molecule has 0 aliphatic carbocycles. The van der Waals surface area contributed by atoms with E-state index in [0.29, 0.717) is 23.1 Å². The van der Waals surface area contributed by atoms with Crippen molar-refractivity contribution in [1.82, 2.24) is 5.32 Å². The van der Waals surface area contributed by atoms with Gasteiger partial charge in [-0.2, -0.15) is 0 Å². The molecule has 0 atom stereocenters. The zero-order chi connectivity index (χ0) is 13.8. The van der Waals surface area contributed by atoms with Gasteiger partial charge in [0, 0.05) is 18.2 Å². The molecule has 0 saturated carbocycles. The summed E-state index contributed by atoms with van der Waals surface area (Å²) in [6, 6.07) is 9.73. The minimum absolute atomic E-state index is 0.0574. The van der Waals surface area contributed by atoms with Crippen LogP contribution in [-0.4, -0.2) is 7.05 Å². The first-order valence-corrected chi connectivity index (χ1v) is 6.42. The van der Waals surface area contributed by atoms with E-state index in [0.717, 1.165) is 5.56 Å². The summed E-state index contributed by atoms with van der Waals surface area (Å²) < 4.78 is 19.0. The highest BCUT2D eigenvalue weighted by Gasteiger charge is 2.10. The standard InChI is InChI=1S/C14H12Cl2FNO/c1-18-8-9-3-2-4-12(16)14(9)19-10-5-6-11(15)13(17)7-10/h2-7,18H,8H2,1H3. The van der Waals surface area contributed by atoms with Gasteiger partial charge in [-0.25, -0.2) is 4.39 Å². The van der Waals surface area contributed by atoms with Crippen LogP contribution in [0.4, 0.5) is 4.39 Å². The highest BCUT2D eigenvalue weighted by molar-refractivity contribution is 6.32. The van der Waals surface area contributed by atoms with E-state index in [1.165, 1.54) is 12.1 Å². The molecule has 0 aliphatic heterocycles. The quantitative estimate of drug-likeness (QED) is 0.888. The molecule has 0 radical (unpaired) electrons. The number of nitrogens with one attached hydrogen (secondary N) is 1. The van der Waals surface area contributed by atoms with E-state index < -0.39 is 5.82 Å². The van der Waals surface area contributed by atoms with Crippen molar-refractivity contribution in [3.63, 3.8) is 0 Å². The Balaban J connectivity index is 2.34. The maximum atomic E-state index is 13.4. The molecule has 2 aromatic rings. The molecule has 2 aromatic carbocycles. The number of para-hydroxylation sites is 1. The van der Waals surface area contributed by atoms with Gasteiger partial charge in [0.2, 0.25) is 0 Å². The number of rotatable bonds is 4. The van der Waals surface area contributed by atoms with Crippen LogP contribution >= 0.6 is 23.2 Å². The summed E-state index contributed by atoms with van der Waals surface area (Å²) in [7, 11) is 1.83. The first-order chi connectivity index (χ1) is 9.11. The molecule has 0 aliphatic rings. The second-order valence-corrected chi connectivity index (χ2v) is 4.75. The van der Waals surface area contributed by atoms with Crippen molar-refractivity contribution in [3.05, 3.63) is 57.8 Å². The molecule has 0 saturated heterocycles. The summed E-state index contributed by atoms with van der Waals surface area (Å²) in [4.78, 5) is 0. The summed E-state index contributed by atoms with van der Waals surface area (Å²) in [5, 5.41) is 3.56. The van der Waals surface area contributed by atoms with Gasteiger partial charge in [0.05, 0.1) is 10.0 Å². The molecule has 0 fully saturated rings. The van der Waals surface area contributed by atoms with Crippen LogP contribution in [0, 0.1) is 5.82 Å². The van der Waals surface area contributed by atoms with Gasteiger partial charge in [0.1, 0.15) is 17.3 Å². The number of hydrogen-bond acceptors (Lipinski definition) is 2. The van der Waals surface area contributed by atoms with Crippen LogP contribution in [0.3, 0.4) is 0 Å². The van der Waals surface area contributed by atoms with Crippen LogP contribution in [0.25, 0.3) is 0 Å². The summed E-state index contributed by atoms with van der Waals surface area (Å²) in [5.41, 5.74) is 0.894. The minimum Gasteiger partial charge on any atom is -0.455 e. The minimum atomic E-state index is -0.526. The second kappa shape index (κ2) is 6.24. The largest absolute Gasteiger partial charge is 0.455 e. The Bertz CT molecular complexity index is 590. The third-order valence-electron chi connectivity index (χ3n) is 2.53. The monoisotopic (exact) mass is 299 g/mol. The molecule has 0 bridgehead atoms. The van der Waals surface area contributed by atoms with Crippen molar-refractivity contribution >= 4 is 23.2 Å². The Labute approximate surface area is 121 Å². The average Bonchev–Trinajstić information content (AvgIpc) is 2.38. The molecule has 2 nitrogen and oxygen atoms in total. The summed E-state index contributed by atoms with van der Waals surface area (Å²) in [6.07, 6.45) is 0. The van der Waals surface area contributed by atoms with E-state index in [-0.39, 0.29) is 5.02 Å². The van der Waals surface area contributed by atoms with Crippen LogP contribution in [0.5, 0.6) is 11.5 Å². The molecule has 0 aromatic heterocycles. The molecular formula is C14H12Cl2FNO. The Morgan fingerprint density at radius 2 is 1.95 bits per heavy atom. The Hall–Kier alpha value is -1.29. The van der Waals surface area contributed by atoms with E-state index in [9.17, 15) is 4.39 Å². The van der Waals surface area contributed by atoms with E-state index in [2.05, 4.69) is 5.32 Å². The average molecular weight is 300 g/mol. The topological polar surface area (TPSA) is 21.3 Å². The van der Waals surface area contributed by atoms with Gasteiger partial charge in [-0.1, -0.05) is 35.3 Å². The molecule has 0 unspecified atom stereocenters. The molecule has 2 rings (SSSR count). The van der Waals surface area contributed by atoms with Crippen molar-refractivity contribution in [2.75, 3.05) is 7.05 Å². The summed E-state index contributed by atoms with van der Waals surface area (Å²) >= 11 is 11.7. The summed E-state index contributed by atoms with van der Waals surface area (Å²) in [5.74, 6) is 0.342. The first-order valence-electron chi connectivity index (χ1n) is 5.66. The number of halogens is 3. The maximum absolute atomic E-state index is 13.4. The third-order valence-corrected chi connectivity index (χ3v) is 3.13. The second-order valence-electron chi connectivity index (χ2n) is 3.94. The lowest BCUT2D eigenvalue weighted by molar-refractivity contribution is 0.469. The van der Waals surface area contributed by atoms with Gasteiger partial charge >= 0.3 is 0 Å². The summed E-state index contributed by atoms with van der Waals surface area (Å²) in [6.45, 7) is 0.603. The number of benzene rings is 2. The van der Waals surface area contributed by atoms with Gasteiger partial charge in [-0.05, 0) is 25.2 Å². The lowest BCUT2D eigenvalue weighted by Gasteiger charge is -2.13. The van der Waals surface area contributed by atoms with E-state index >= 15 is 0 Å². The van der Waals surface area contributed by atoms with Gasteiger partial charge in [0.15, 0.2) is 0 Å². The molecule has 0 spiro atoms. The van der Waals surface area contributed by atoms with E-state index in [4.69, 9.17) is 27.9 Å². The molecular weight excluding hydrogens is 288 g/mol. The fraction of sp³-hybridized carbons (Fsp3) is 0.143. The lowest BCUT2D eigenvalue weighted by Crippen LogP contribution is -2.06. The van der Waals surface area contributed by atoms with Crippen LogP contribution in [0.1, 0.15) is 5.56 Å². The third kappa shape index (κ3) is 3.38. The highest BCUT2D eigenvalue weighted by Crippen LogP contribution is 2.33. The predicted octanol–water partition coefficient (Wildman–Crippen LogP) is 4.64. The maximum Gasteiger partial charge on any atom is 0.150 e. The lowest BCUT2D eigenvalue weighted by atomic mass is 10.2. The molecule has 19 heavy (non-hydrogen) atoms. The highest BCUT2D eigenvalue weighted by atomic mass is 35.5. The molecule has 0 amide bonds. The number of hydrogen-bond donors (Lipinski definition) is 1. The van der Waals surface area contributed by atoms with Crippen LogP contribution in [-0.2, 0) is 6.54 Å². The van der Waals surface area contributed by atoms with E-state index in [1.54, 1.807) is 12.1 Å².